The van der Waals surface area contributed by atoms with Gasteiger partial charge in [-0.25, -0.2) is 4.79 Å². The Morgan fingerprint density at radius 2 is 1.96 bits per heavy atom. The number of fused-ring (bicyclic) bond motifs is 1. The molecule has 0 aromatic carbocycles. The van der Waals surface area contributed by atoms with E-state index in [-0.39, 0.29) is 34.9 Å². The molecule has 0 bridgehead atoms. The molecular formula is C18H31NO4Si. The zero-order chi connectivity index (χ0) is 18.4. The van der Waals surface area contributed by atoms with Gasteiger partial charge < -0.3 is 14.1 Å². The molecule has 2 aliphatic heterocycles. The van der Waals surface area contributed by atoms with E-state index in [1.165, 1.54) is 0 Å². The molecule has 0 N–H and O–H groups in total. The maximum absolute atomic E-state index is 12.7. The van der Waals surface area contributed by atoms with E-state index >= 15 is 0 Å². The molecule has 2 rings (SSSR count). The average molecular weight is 354 g/mol. The first-order valence-corrected chi connectivity index (χ1v) is 11.7. The third-order valence-corrected chi connectivity index (χ3v) is 10.3. The lowest BCUT2D eigenvalue weighted by molar-refractivity contribution is -0.163. The Hall–Kier alpha value is -1.14. The lowest BCUT2D eigenvalue weighted by Gasteiger charge is -2.50. The second-order valence-electron chi connectivity index (χ2n) is 8.44. The maximum atomic E-state index is 12.7. The van der Waals surface area contributed by atoms with Crippen molar-refractivity contribution in [1.29, 1.82) is 0 Å². The predicted octanol–water partition coefficient (Wildman–Crippen LogP) is 3.32. The number of esters is 1. The number of ether oxygens (including phenoxy) is 1. The van der Waals surface area contributed by atoms with Crippen LogP contribution >= 0.6 is 0 Å². The molecule has 2 heterocycles. The van der Waals surface area contributed by atoms with E-state index in [9.17, 15) is 9.59 Å². The van der Waals surface area contributed by atoms with E-state index < -0.39 is 14.3 Å². The quantitative estimate of drug-likeness (QED) is 0.432. The number of hydrogen-bond acceptors (Lipinski definition) is 4. The molecule has 1 saturated heterocycles. The van der Waals surface area contributed by atoms with Crippen molar-refractivity contribution >= 4 is 20.2 Å². The Kier molecular flexibility index (Phi) is 5.03. The number of nitrogens with zero attached hydrogens (tertiary/aromatic N) is 1. The normalized spacial score (nSPS) is 28.2. The van der Waals surface area contributed by atoms with Crippen LogP contribution in [0.3, 0.4) is 0 Å². The van der Waals surface area contributed by atoms with Gasteiger partial charge >= 0.3 is 5.97 Å². The Balaban J connectivity index is 2.12. The van der Waals surface area contributed by atoms with Crippen molar-refractivity contribution in [3.05, 3.63) is 11.8 Å². The fourth-order valence-corrected chi connectivity index (χ4v) is 4.80. The van der Waals surface area contributed by atoms with Crippen molar-refractivity contribution in [2.24, 2.45) is 11.8 Å². The summed E-state index contributed by atoms with van der Waals surface area (Å²) in [6.07, 6.45) is 1.72. The highest BCUT2D eigenvalue weighted by molar-refractivity contribution is 6.74. The van der Waals surface area contributed by atoms with Gasteiger partial charge in [0.05, 0.1) is 24.7 Å². The molecule has 0 unspecified atom stereocenters. The van der Waals surface area contributed by atoms with Crippen LogP contribution in [-0.2, 0) is 18.8 Å². The molecule has 5 nitrogen and oxygen atoms in total. The summed E-state index contributed by atoms with van der Waals surface area (Å²) in [6, 6.07) is 0.0108. The van der Waals surface area contributed by atoms with E-state index in [4.69, 9.17) is 9.16 Å². The zero-order valence-corrected chi connectivity index (χ0v) is 17.2. The molecule has 4 atom stereocenters. The molecule has 2 aliphatic rings. The Labute approximate surface area is 146 Å². The largest absolute Gasteiger partial charge is 0.461 e. The van der Waals surface area contributed by atoms with Gasteiger partial charge in [0.15, 0.2) is 8.32 Å². The van der Waals surface area contributed by atoms with Gasteiger partial charge in [-0.15, -0.1) is 0 Å². The van der Waals surface area contributed by atoms with Crippen molar-refractivity contribution in [2.45, 2.75) is 71.8 Å². The van der Waals surface area contributed by atoms with E-state index in [0.29, 0.717) is 12.3 Å². The third kappa shape index (κ3) is 3.06. The Morgan fingerprint density at radius 1 is 1.38 bits per heavy atom. The van der Waals surface area contributed by atoms with Crippen molar-refractivity contribution in [3.8, 4) is 0 Å². The van der Waals surface area contributed by atoms with Crippen molar-refractivity contribution in [1.82, 2.24) is 4.90 Å². The van der Waals surface area contributed by atoms with Crippen LogP contribution in [0.4, 0.5) is 0 Å². The second kappa shape index (κ2) is 6.30. The first-order valence-electron chi connectivity index (χ1n) is 8.82. The topological polar surface area (TPSA) is 55.8 Å². The number of carbonyl (C=O) groups excluding carboxylic acids is 2. The molecule has 0 spiro atoms. The fourth-order valence-electron chi connectivity index (χ4n) is 3.37. The summed E-state index contributed by atoms with van der Waals surface area (Å²) in [5.74, 6) is -0.471. The highest BCUT2D eigenvalue weighted by Gasteiger charge is 2.58. The van der Waals surface area contributed by atoms with Crippen LogP contribution in [0.15, 0.2) is 11.8 Å². The first-order chi connectivity index (χ1) is 10.9. The molecule has 0 saturated carbocycles. The summed E-state index contributed by atoms with van der Waals surface area (Å²) in [5, 5.41) is 0.101. The van der Waals surface area contributed by atoms with Gasteiger partial charge in [-0.3, -0.25) is 4.79 Å². The van der Waals surface area contributed by atoms with Gasteiger partial charge in [-0.05, 0) is 44.0 Å². The highest BCUT2D eigenvalue weighted by atomic mass is 28.4. The molecule has 0 aliphatic carbocycles. The van der Waals surface area contributed by atoms with Gasteiger partial charge in [0.2, 0.25) is 5.91 Å². The lowest BCUT2D eigenvalue weighted by Crippen LogP contribution is -2.65. The minimum Gasteiger partial charge on any atom is -0.461 e. The molecule has 1 amide bonds. The van der Waals surface area contributed by atoms with Crippen molar-refractivity contribution in [2.75, 3.05) is 6.61 Å². The van der Waals surface area contributed by atoms with E-state index in [1.54, 1.807) is 11.8 Å². The smallest absolute Gasteiger partial charge is 0.354 e. The Bertz CT molecular complexity index is 564. The molecule has 0 aromatic rings. The molecule has 0 aromatic heterocycles. The number of rotatable bonds is 5. The van der Waals surface area contributed by atoms with E-state index in [0.717, 1.165) is 0 Å². The summed E-state index contributed by atoms with van der Waals surface area (Å²) >= 11 is 0. The van der Waals surface area contributed by atoms with Gasteiger partial charge in [-0.1, -0.05) is 27.7 Å². The number of β-lactam (4-membered cyclic amide) rings is 1. The standard InChI is InChI=1S/C18H31NO4Si/c1-9-22-17(21)13-10-11(2)15-14(16(20)19(13)15)12(3)23-24(7,8)18(4,5)6/h10-12,14-15H,9H2,1-8H3/t11-,12+,14+,15+/m0/s1. The van der Waals surface area contributed by atoms with Gasteiger partial charge in [-0.2, -0.15) is 0 Å². The Morgan fingerprint density at radius 3 is 2.46 bits per heavy atom. The van der Waals surface area contributed by atoms with Crippen LogP contribution in [0.25, 0.3) is 0 Å². The monoisotopic (exact) mass is 353 g/mol. The molecule has 6 heteroatoms. The lowest BCUT2D eigenvalue weighted by atomic mass is 9.79. The van der Waals surface area contributed by atoms with Gasteiger partial charge in [0.1, 0.15) is 5.70 Å². The van der Waals surface area contributed by atoms with Crippen LogP contribution < -0.4 is 0 Å². The minimum atomic E-state index is -1.94. The predicted molar refractivity (Wildman–Crippen MR) is 95.7 cm³/mol. The summed E-state index contributed by atoms with van der Waals surface area (Å²) in [6.45, 7) is 17.1. The first kappa shape index (κ1) is 19.2. The number of carbonyl (C=O) groups is 2. The van der Waals surface area contributed by atoms with E-state index in [2.05, 4.69) is 33.9 Å². The van der Waals surface area contributed by atoms with Crippen LogP contribution in [-0.4, -0.2) is 43.8 Å². The van der Waals surface area contributed by atoms with Crippen molar-refractivity contribution in [3.63, 3.8) is 0 Å². The molecule has 24 heavy (non-hydrogen) atoms. The molecular weight excluding hydrogens is 322 g/mol. The molecule has 136 valence electrons. The average Bonchev–Trinajstić information content (AvgIpc) is 2.70. The van der Waals surface area contributed by atoms with Gasteiger partial charge in [0.25, 0.3) is 0 Å². The SMILES string of the molecule is CCOC(=O)C1=C[C@H](C)[C@@H]2[C@@H]([C@@H](C)O[Si](C)(C)C(C)(C)C)C(=O)N12. The summed E-state index contributed by atoms with van der Waals surface area (Å²) in [7, 11) is -1.94. The number of hydrogen-bond donors (Lipinski definition) is 0. The highest BCUT2D eigenvalue weighted by Crippen LogP contribution is 2.46. The number of amides is 1. The van der Waals surface area contributed by atoms with Crippen LogP contribution in [0.5, 0.6) is 0 Å². The second-order valence-corrected chi connectivity index (χ2v) is 13.2. The minimum absolute atomic E-state index is 0.0108. The summed E-state index contributed by atoms with van der Waals surface area (Å²) in [4.78, 5) is 26.4. The summed E-state index contributed by atoms with van der Waals surface area (Å²) in [5.41, 5.74) is 0.398. The maximum Gasteiger partial charge on any atom is 0.354 e. The van der Waals surface area contributed by atoms with E-state index in [1.807, 2.05) is 19.9 Å². The van der Waals surface area contributed by atoms with Crippen molar-refractivity contribution < 1.29 is 18.8 Å². The van der Waals surface area contributed by atoms with Crippen LogP contribution in [0, 0.1) is 11.8 Å². The fraction of sp³-hybridized carbons (Fsp3) is 0.778. The third-order valence-electron chi connectivity index (χ3n) is 5.68. The molecule has 0 radical (unpaired) electrons. The zero-order valence-electron chi connectivity index (χ0n) is 16.2. The molecule has 1 fully saturated rings. The van der Waals surface area contributed by atoms with Gasteiger partial charge in [0, 0.05) is 0 Å². The van der Waals surface area contributed by atoms with Crippen LogP contribution in [0.1, 0.15) is 41.5 Å². The van der Waals surface area contributed by atoms with Crippen LogP contribution in [0.2, 0.25) is 18.1 Å². The summed E-state index contributed by atoms with van der Waals surface area (Å²) < 4.78 is 11.5.